The SMILES string of the molecule is COc1ccc(C(=O)NCCNC(=O)Cc2c(C)nc3ccccc3c2-c2ccccc2)cc1. The van der Waals surface area contributed by atoms with Crippen LogP contribution >= 0.6 is 0 Å². The molecule has 0 fully saturated rings. The Hall–Kier alpha value is -4.19. The minimum absolute atomic E-state index is 0.115. The Morgan fingerprint density at radius 3 is 2.26 bits per heavy atom. The number of para-hydroxylation sites is 1. The molecule has 0 unspecified atom stereocenters. The number of amides is 2. The summed E-state index contributed by atoms with van der Waals surface area (Å²) in [6.45, 7) is 2.61. The summed E-state index contributed by atoms with van der Waals surface area (Å²) in [6.07, 6.45) is 0.209. The fraction of sp³-hybridized carbons (Fsp3) is 0.179. The van der Waals surface area contributed by atoms with E-state index >= 15 is 0 Å². The molecule has 4 rings (SSSR count). The van der Waals surface area contributed by atoms with Gasteiger partial charge < -0.3 is 15.4 Å². The molecule has 0 bridgehead atoms. The van der Waals surface area contributed by atoms with Gasteiger partial charge in [0, 0.05) is 29.7 Å². The molecule has 1 aromatic heterocycles. The molecule has 6 heteroatoms. The Morgan fingerprint density at radius 2 is 1.53 bits per heavy atom. The number of nitrogens with one attached hydrogen (secondary N) is 2. The third-order valence-corrected chi connectivity index (χ3v) is 5.68. The first-order valence-corrected chi connectivity index (χ1v) is 11.2. The number of carbonyl (C=O) groups excluding carboxylic acids is 2. The zero-order valence-electron chi connectivity index (χ0n) is 19.3. The lowest BCUT2D eigenvalue weighted by Crippen LogP contribution is -2.35. The second kappa shape index (κ2) is 10.6. The van der Waals surface area contributed by atoms with Crippen LogP contribution in [0.15, 0.2) is 78.9 Å². The number of nitrogens with zero attached hydrogens (tertiary/aromatic N) is 1. The van der Waals surface area contributed by atoms with Crippen LogP contribution in [0, 0.1) is 6.92 Å². The van der Waals surface area contributed by atoms with Crippen molar-refractivity contribution in [2.24, 2.45) is 0 Å². The molecule has 34 heavy (non-hydrogen) atoms. The van der Waals surface area contributed by atoms with Crippen molar-refractivity contribution in [3.63, 3.8) is 0 Å². The largest absolute Gasteiger partial charge is 0.497 e. The number of carbonyl (C=O) groups is 2. The van der Waals surface area contributed by atoms with Crippen molar-refractivity contribution >= 4 is 22.7 Å². The van der Waals surface area contributed by atoms with Gasteiger partial charge >= 0.3 is 0 Å². The van der Waals surface area contributed by atoms with Crippen molar-refractivity contribution in [1.29, 1.82) is 0 Å². The summed E-state index contributed by atoms with van der Waals surface area (Å²) >= 11 is 0. The van der Waals surface area contributed by atoms with Gasteiger partial charge in [0.15, 0.2) is 0 Å². The molecule has 2 N–H and O–H groups in total. The van der Waals surface area contributed by atoms with Gasteiger partial charge in [0.2, 0.25) is 5.91 Å². The third-order valence-electron chi connectivity index (χ3n) is 5.68. The molecule has 0 spiro atoms. The van der Waals surface area contributed by atoms with Crippen molar-refractivity contribution in [3.8, 4) is 16.9 Å². The number of methoxy groups -OCH3 is 1. The van der Waals surface area contributed by atoms with Crippen LogP contribution in [0.1, 0.15) is 21.6 Å². The maximum atomic E-state index is 12.8. The number of ether oxygens (including phenoxy) is 1. The van der Waals surface area contributed by atoms with E-state index in [0.29, 0.717) is 24.4 Å². The van der Waals surface area contributed by atoms with Crippen LogP contribution in [0.4, 0.5) is 0 Å². The highest BCUT2D eigenvalue weighted by atomic mass is 16.5. The third kappa shape index (κ3) is 5.23. The van der Waals surface area contributed by atoms with Crippen molar-refractivity contribution in [3.05, 3.63) is 95.7 Å². The van der Waals surface area contributed by atoms with E-state index in [4.69, 9.17) is 9.72 Å². The maximum Gasteiger partial charge on any atom is 0.251 e. The topological polar surface area (TPSA) is 80.3 Å². The second-order valence-electron chi connectivity index (χ2n) is 7.95. The van der Waals surface area contributed by atoms with Crippen LogP contribution in [-0.2, 0) is 11.2 Å². The van der Waals surface area contributed by atoms with Crippen LogP contribution < -0.4 is 15.4 Å². The normalized spacial score (nSPS) is 10.6. The smallest absolute Gasteiger partial charge is 0.251 e. The lowest BCUT2D eigenvalue weighted by Gasteiger charge is -2.16. The molecule has 3 aromatic carbocycles. The van der Waals surface area contributed by atoms with Gasteiger partial charge in [-0.2, -0.15) is 0 Å². The second-order valence-corrected chi connectivity index (χ2v) is 7.95. The van der Waals surface area contributed by atoms with Gasteiger partial charge in [0.05, 0.1) is 19.0 Å². The summed E-state index contributed by atoms with van der Waals surface area (Å²) in [5, 5.41) is 6.75. The number of pyridine rings is 1. The lowest BCUT2D eigenvalue weighted by atomic mass is 9.92. The van der Waals surface area contributed by atoms with Gasteiger partial charge in [-0.05, 0) is 53.9 Å². The molecule has 0 aliphatic carbocycles. The van der Waals surface area contributed by atoms with E-state index in [1.165, 1.54) is 0 Å². The average Bonchev–Trinajstić information content (AvgIpc) is 2.87. The highest BCUT2D eigenvalue weighted by molar-refractivity contribution is 5.98. The zero-order valence-corrected chi connectivity index (χ0v) is 19.3. The van der Waals surface area contributed by atoms with E-state index in [0.717, 1.165) is 33.3 Å². The monoisotopic (exact) mass is 453 g/mol. The molecule has 0 aliphatic heterocycles. The van der Waals surface area contributed by atoms with Crippen LogP contribution in [0.25, 0.3) is 22.0 Å². The molecular weight excluding hydrogens is 426 g/mol. The molecule has 4 aromatic rings. The van der Waals surface area contributed by atoms with Gasteiger partial charge in [-0.15, -0.1) is 0 Å². The number of aromatic nitrogens is 1. The molecule has 1 heterocycles. The molecule has 0 radical (unpaired) electrons. The lowest BCUT2D eigenvalue weighted by molar-refractivity contribution is -0.120. The van der Waals surface area contributed by atoms with E-state index < -0.39 is 0 Å². The fourth-order valence-electron chi connectivity index (χ4n) is 3.97. The fourth-order valence-corrected chi connectivity index (χ4v) is 3.97. The molecule has 2 amide bonds. The molecule has 0 aliphatic rings. The predicted molar refractivity (Wildman–Crippen MR) is 134 cm³/mol. The minimum Gasteiger partial charge on any atom is -0.497 e. The standard InChI is InChI=1S/C28H27N3O3/c1-19-24(27(20-8-4-3-5-9-20)23-10-6-7-11-25(23)31-19)18-26(32)29-16-17-30-28(33)21-12-14-22(34-2)15-13-21/h3-15H,16-18H2,1-2H3,(H,29,32)(H,30,33). The molecule has 6 nitrogen and oxygen atoms in total. The van der Waals surface area contributed by atoms with Crippen molar-refractivity contribution in [2.45, 2.75) is 13.3 Å². The Labute approximate surface area is 199 Å². The Morgan fingerprint density at radius 1 is 0.853 bits per heavy atom. The first-order chi connectivity index (χ1) is 16.6. The summed E-state index contributed by atoms with van der Waals surface area (Å²) in [5.41, 5.74) is 5.28. The number of aryl methyl sites for hydroxylation is 1. The number of rotatable bonds is 8. The quantitative estimate of drug-likeness (QED) is 0.390. The summed E-state index contributed by atoms with van der Waals surface area (Å²) in [6, 6.07) is 24.9. The Kier molecular flexibility index (Phi) is 7.18. The van der Waals surface area contributed by atoms with Crippen molar-refractivity contribution < 1.29 is 14.3 Å². The highest BCUT2D eigenvalue weighted by Gasteiger charge is 2.17. The molecule has 0 saturated carbocycles. The van der Waals surface area contributed by atoms with E-state index in [9.17, 15) is 9.59 Å². The summed E-state index contributed by atoms with van der Waals surface area (Å²) in [5.74, 6) is 0.381. The Balaban J connectivity index is 1.43. The van der Waals surface area contributed by atoms with Gasteiger partial charge in [0.25, 0.3) is 5.91 Å². The van der Waals surface area contributed by atoms with Crippen LogP contribution in [-0.4, -0.2) is 37.0 Å². The Bertz CT molecular complexity index is 1300. The van der Waals surface area contributed by atoms with Crippen molar-refractivity contribution in [1.82, 2.24) is 15.6 Å². The average molecular weight is 454 g/mol. The minimum atomic E-state index is -0.196. The first-order valence-electron chi connectivity index (χ1n) is 11.2. The summed E-state index contributed by atoms with van der Waals surface area (Å²) < 4.78 is 5.11. The number of hydrogen-bond donors (Lipinski definition) is 2. The maximum absolute atomic E-state index is 12.8. The summed E-state index contributed by atoms with van der Waals surface area (Å²) in [7, 11) is 1.58. The van der Waals surface area contributed by atoms with Crippen LogP contribution in [0.5, 0.6) is 5.75 Å². The van der Waals surface area contributed by atoms with Crippen molar-refractivity contribution in [2.75, 3.05) is 20.2 Å². The van der Waals surface area contributed by atoms with Gasteiger partial charge in [-0.3, -0.25) is 14.6 Å². The molecule has 172 valence electrons. The number of fused-ring (bicyclic) bond motifs is 1. The molecular formula is C28H27N3O3. The zero-order chi connectivity index (χ0) is 23.9. The first kappa shape index (κ1) is 23.0. The molecule has 0 saturated heterocycles. The van der Waals surface area contributed by atoms with Crippen LogP contribution in [0.3, 0.4) is 0 Å². The van der Waals surface area contributed by atoms with Gasteiger partial charge in [-0.25, -0.2) is 0 Å². The van der Waals surface area contributed by atoms with Gasteiger partial charge in [-0.1, -0.05) is 48.5 Å². The number of benzene rings is 3. The van der Waals surface area contributed by atoms with Crippen LogP contribution in [0.2, 0.25) is 0 Å². The van der Waals surface area contributed by atoms with E-state index in [-0.39, 0.29) is 18.2 Å². The van der Waals surface area contributed by atoms with E-state index in [2.05, 4.69) is 22.8 Å². The predicted octanol–water partition coefficient (Wildman–Crippen LogP) is 4.31. The summed E-state index contributed by atoms with van der Waals surface area (Å²) in [4.78, 5) is 29.8. The molecule has 0 atom stereocenters. The van der Waals surface area contributed by atoms with Gasteiger partial charge in [0.1, 0.15) is 5.75 Å². The highest BCUT2D eigenvalue weighted by Crippen LogP contribution is 2.33. The van der Waals surface area contributed by atoms with E-state index in [1.54, 1.807) is 31.4 Å². The number of hydrogen-bond acceptors (Lipinski definition) is 4. The van der Waals surface area contributed by atoms with E-state index in [1.807, 2.05) is 49.4 Å².